The van der Waals surface area contributed by atoms with Gasteiger partial charge in [0.25, 0.3) is 0 Å². The van der Waals surface area contributed by atoms with Gasteiger partial charge in [-0.1, -0.05) is 6.07 Å². The lowest BCUT2D eigenvalue weighted by molar-refractivity contribution is 0.181. The molecule has 160 valence electrons. The Balaban J connectivity index is 1.39. The van der Waals surface area contributed by atoms with Crippen molar-refractivity contribution in [2.45, 2.75) is 11.4 Å². The molecule has 4 rings (SSSR count). The number of piperazine rings is 1. The van der Waals surface area contributed by atoms with Gasteiger partial charge in [0.2, 0.25) is 10.0 Å². The summed E-state index contributed by atoms with van der Waals surface area (Å²) in [7, 11) is -0.562. The molecule has 10 heteroatoms. The summed E-state index contributed by atoms with van der Waals surface area (Å²) < 4.78 is 38.1. The Morgan fingerprint density at radius 1 is 1.03 bits per heavy atom. The summed E-state index contributed by atoms with van der Waals surface area (Å²) in [6.07, 6.45) is 0. The first kappa shape index (κ1) is 21.3. The van der Waals surface area contributed by atoms with E-state index in [1.54, 1.807) is 34.8 Å². The molecule has 0 radical (unpaired) electrons. The molecule has 0 bridgehead atoms. The lowest BCUT2D eigenvalue weighted by atomic mass is 10.3. The normalized spacial score (nSPS) is 15.9. The number of rotatable bonds is 7. The summed E-state index contributed by atoms with van der Waals surface area (Å²) in [5.74, 6) is 0.911. The van der Waals surface area contributed by atoms with Gasteiger partial charge in [-0.2, -0.15) is 4.31 Å². The first-order valence-electron chi connectivity index (χ1n) is 9.44. The van der Waals surface area contributed by atoms with Crippen molar-refractivity contribution in [2.75, 3.05) is 40.4 Å². The zero-order valence-electron chi connectivity index (χ0n) is 16.8. The Labute approximate surface area is 184 Å². The van der Waals surface area contributed by atoms with E-state index in [9.17, 15) is 8.42 Å². The van der Waals surface area contributed by atoms with E-state index < -0.39 is 10.0 Å². The average molecular weight is 466 g/mol. The van der Waals surface area contributed by atoms with Crippen molar-refractivity contribution >= 4 is 32.7 Å². The number of thiazole rings is 1. The number of sulfonamides is 1. The monoisotopic (exact) mass is 465 g/mol. The molecule has 0 N–H and O–H groups in total. The van der Waals surface area contributed by atoms with E-state index in [0.717, 1.165) is 17.2 Å². The lowest BCUT2D eigenvalue weighted by Crippen LogP contribution is -2.48. The molecule has 1 fully saturated rings. The van der Waals surface area contributed by atoms with E-state index in [-0.39, 0.29) is 4.90 Å². The third kappa shape index (κ3) is 4.37. The quantitative estimate of drug-likeness (QED) is 0.533. The van der Waals surface area contributed by atoms with Gasteiger partial charge in [-0.3, -0.25) is 4.90 Å². The van der Waals surface area contributed by atoms with E-state index in [1.807, 2.05) is 11.4 Å². The highest BCUT2D eigenvalue weighted by atomic mass is 32.2. The molecular weight excluding hydrogens is 442 g/mol. The predicted molar refractivity (Wildman–Crippen MR) is 119 cm³/mol. The average Bonchev–Trinajstić information content (AvgIpc) is 3.45. The highest BCUT2D eigenvalue weighted by molar-refractivity contribution is 7.89. The van der Waals surface area contributed by atoms with Crippen LogP contribution in [0.15, 0.2) is 46.0 Å². The van der Waals surface area contributed by atoms with Crippen LogP contribution in [0.1, 0.15) is 5.01 Å². The molecule has 30 heavy (non-hydrogen) atoms. The Hall–Kier alpha value is -1.98. The Morgan fingerprint density at radius 3 is 2.47 bits per heavy atom. The highest BCUT2D eigenvalue weighted by Gasteiger charge is 2.29. The van der Waals surface area contributed by atoms with E-state index >= 15 is 0 Å². The Morgan fingerprint density at radius 2 is 1.80 bits per heavy atom. The minimum absolute atomic E-state index is 0.217. The molecule has 1 aromatic carbocycles. The van der Waals surface area contributed by atoms with Crippen LogP contribution in [0.5, 0.6) is 11.5 Å². The van der Waals surface area contributed by atoms with Crippen LogP contribution in [-0.2, 0) is 16.6 Å². The van der Waals surface area contributed by atoms with Crippen LogP contribution in [0.2, 0.25) is 0 Å². The third-order valence-electron chi connectivity index (χ3n) is 5.01. The van der Waals surface area contributed by atoms with Gasteiger partial charge in [0, 0.05) is 37.6 Å². The second kappa shape index (κ2) is 9.03. The molecule has 1 aliphatic rings. The first-order valence-corrected chi connectivity index (χ1v) is 12.6. The highest BCUT2D eigenvalue weighted by Crippen LogP contribution is 2.31. The molecule has 7 nitrogen and oxygen atoms in total. The van der Waals surface area contributed by atoms with Crippen LogP contribution in [-0.4, -0.2) is 63.0 Å². The van der Waals surface area contributed by atoms with E-state index in [0.29, 0.717) is 37.7 Å². The van der Waals surface area contributed by atoms with Crippen LogP contribution >= 0.6 is 22.7 Å². The van der Waals surface area contributed by atoms with Crippen LogP contribution < -0.4 is 9.47 Å². The molecule has 0 atom stereocenters. The summed E-state index contributed by atoms with van der Waals surface area (Å²) in [6.45, 7) is 2.96. The fraction of sp³-hybridized carbons (Fsp3) is 0.350. The van der Waals surface area contributed by atoms with Crippen molar-refractivity contribution in [1.82, 2.24) is 14.2 Å². The number of methoxy groups -OCH3 is 2. The molecular formula is C20H23N3O4S3. The maximum absolute atomic E-state index is 13.1. The van der Waals surface area contributed by atoms with Gasteiger partial charge in [0.1, 0.15) is 5.01 Å². The molecule has 1 aliphatic heterocycles. The van der Waals surface area contributed by atoms with E-state index in [1.165, 1.54) is 29.5 Å². The second-order valence-electron chi connectivity index (χ2n) is 6.80. The zero-order valence-corrected chi connectivity index (χ0v) is 19.2. The van der Waals surface area contributed by atoms with Crippen molar-refractivity contribution < 1.29 is 17.9 Å². The summed E-state index contributed by atoms with van der Waals surface area (Å²) in [6, 6.07) is 8.79. The molecule has 0 aliphatic carbocycles. The number of hydrogen-bond acceptors (Lipinski definition) is 8. The maximum Gasteiger partial charge on any atom is 0.243 e. The predicted octanol–water partition coefficient (Wildman–Crippen LogP) is 3.40. The van der Waals surface area contributed by atoms with Crippen molar-refractivity contribution in [2.24, 2.45) is 0 Å². The standard InChI is InChI=1S/C20H23N3O4S3/c1-26-17-6-5-15(12-18(17)27-2)30(24,25)23-9-7-22(8-10-23)13-20-21-16(14-29-20)19-4-3-11-28-19/h3-6,11-12,14H,7-10,13H2,1-2H3. The molecule has 0 amide bonds. The smallest absolute Gasteiger partial charge is 0.243 e. The number of hydrogen-bond donors (Lipinski definition) is 0. The van der Waals surface area contributed by atoms with Gasteiger partial charge >= 0.3 is 0 Å². The van der Waals surface area contributed by atoms with Gasteiger partial charge in [0.05, 0.1) is 36.2 Å². The molecule has 0 saturated carbocycles. The van der Waals surface area contributed by atoms with Gasteiger partial charge in [-0.25, -0.2) is 13.4 Å². The first-order chi connectivity index (χ1) is 14.5. The van der Waals surface area contributed by atoms with Crippen LogP contribution in [0.3, 0.4) is 0 Å². The summed E-state index contributed by atoms with van der Waals surface area (Å²) in [5, 5.41) is 5.18. The SMILES string of the molecule is COc1ccc(S(=O)(=O)N2CCN(Cc3nc(-c4cccs4)cs3)CC2)cc1OC. The van der Waals surface area contributed by atoms with E-state index in [2.05, 4.69) is 16.3 Å². The van der Waals surface area contributed by atoms with Gasteiger partial charge < -0.3 is 9.47 Å². The summed E-state index contributed by atoms with van der Waals surface area (Å²) in [5.41, 5.74) is 1.01. The van der Waals surface area contributed by atoms with Gasteiger partial charge in [-0.05, 0) is 23.6 Å². The van der Waals surface area contributed by atoms with Crippen molar-refractivity contribution in [1.29, 1.82) is 0 Å². The molecule has 2 aromatic heterocycles. The number of aromatic nitrogens is 1. The molecule has 3 heterocycles. The van der Waals surface area contributed by atoms with Gasteiger partial charge in [0.15, 0.2) is 11.5 Å². The van der Waals surface area contributed by atoms with Crippen LogP contribution in [0, 0.1) is 0 Å². The van der Waals surface area contributed by atoms with Crippen LogP contribution in [0.25, 0.3) is 10.6 Å². The fourth-order valence-electron chi connectivity index (χ4n) is 3.37. The minimum atomic E-state index is -3.58. The lowest BCUT2D eigenvalue weighted by Gasteiger charge is -2.33. The number of nitrogens with zero attached hydrogens (tertiary/aromatic N) is 3. The molecule has 1 saturated heterocycles. The number of thiophene rings is 1. The van der Waals surface area contributed by atoms with Crippen molar-refractivity contribution in [3.8, 4) is 22.1 Å². The third-order valence-corrected chi connectivity index (χ3v) is 8.63. The minimum Gasteiger partial charge on any atom is -0.493 e. The molecule has 0 unspecified atom stereocenters. The maximum atomic E-state index is 13.1. The largest absolute Gasteiger partial charge is 0.493 e. The van der Waals surface area contributed by atoms with E-state index in [4.69, 9.17) is 14.5 Å². The second-order valence-corrected chi connectivity index (χ2v) is 10.6. The topological polar surface area (TPSA) is 72.0 Å². The number of benzene rings is 1. The molecule has 3 aromatic rings. The Bertz CT molecular complexity index is 1090. The Kier molecular flexibility index (Phi) is 6.40. The summed E-state index contributed by atoms with van der Waals surface area (Å²) in [4.78, 5) is 8.36. The molecule has 0 spiro atoms. The number of ether oxygens (including phenoxy) is 2. The fourth-order valence-corrected chi connectivity index (χ4v) is 6.40. The summed E-state index contributed by atoms with van der Waals surface area (Å²) >= 11 is 3.33. The van der Waals surface area contributed by atoms with Crippen molar-refractivity contribution in [3.63, 3.8) is 0 Å². The van der Waals surface area contributed by atoms with Crippen molar-refractivity contribution in [3.05, 3.63) is 46.1 Å². The zero-order chi connectivity index (χ0) is 21.1. The van der Waals surface area contributed by atoms with Gasteiger partial charge in [-0.15, -0.1) is 22.7 Å². The van der Waals surface area contributed by atoms with Crippen LogP contribution in [0.4, 0.5) is 0 Å².